The number of aryl methyl sites for hydroxylation is 1. The summed E-state index contributed by atoms with van der Waals surface area (Å²) in [5, 5.41) is 9.83. The van der Waals surface area contributed by atoms with Crippen molar-refractivity contribution in [2.75, 3.05) is 0 Å². The topological polar surface area (TPSA) is 38.1 Å². The largest absolute Gasteiger partial charge is 0.373 e. The average Bonchev–Trinajstić information content (AvgIpc) is 2.74. The molecule has 88 valence electrons. The molecule has 4 heteroatoms. The molecule has 2 aromatic rings. The van der Waals surface area contributed by atoms with Crippen LogP contribution >= 0.6 is 0 Å². The van der Waals surface area contributed by atoms with Crippen molar-refractivity contribution in [1.29, 1.82) is 0 Å². The Morgan fingerprint density at radius 1 is 1.41 bits per heavy atom. The highest BCUT2D eigenvalue weighted by Crippen LogP contribution is 2.27. The number of hydrogen-bond acceptors (Lipinski definition) is 2. The average molecular weight is 232 g/mol. The number of aliphatic hydroxyl groups is 1. The van der Waals surface area contributed by atoms with Gasteiger partial charge in [0, 0.05) is 18.2 Å². The first-order chi connectivity index (χ1) is 8.24. The summed E-state index contributed by atoms with van der Waals surface area (Å²) in [6.07, 6.45) is 3.88. The van der Waals surface area contributed by atoms with Crippen molar-refractivity contribution >= 4 is 0 Å². The van der Waals surface area contributed by atoms with Gasteiger partial charge in [0.2, 0.25) is 0 Å². The fourth-order valence-corrected chi connectivity index (χ4v) is 2.24. The van der Waals surface area contributed by atoms with Crippen LogP contribution in [0.4, 0.5) is 4.39 Å². The predicted octanol–water partition coefficient (Wildman–Crippen LogP) is 2.52. The summed E-state index contributed by atoms with van der Waals surface area (Å²) in [5.41, 5.74) is 1.47. The first-order valence-corrected chi connectivity index (χ1v) is 5.76. The van der Waals surface area contributed by atoms with Crippen LogP contribution in [0.15, 0.2) is 30.5 Å². The molecule has 1 aromatic heterocycles. The van der Waals surface area contributed by atoms with E-state index in [1.165, 1.54) is 12.1 Å². The zero-order valence-corrected chi connectivity index (χ0v) is 9.31. The Kier molecular flexibility index (Phi) is 2.44. The molecule has 0 fully saturated rings. The highest BCUT2D eigenvalue weighted by Gasteiger charge is 2.19. The van der Waals surface area contributed by atoms with E-state index in [0.717, 1.165) is 36.3 Å². The summed E-state index contributed by atoms with van der Waals surface area (Å²) in [4.78, 5) is 4.45. The number of rotatable bonds is 1. The van der Waals surface area contributed by atoms with Crippen LogP contribution in [-0.4, -0.2) is 14.7 Å². The van der Waals surface area contributed by atoms with Crippen molar-refractivity contribution in [2.24, 2.45) is 0 Å². The van der Waals surface area contributed by atoms with Crippen molar-refractivity contribution in [1.82, 2.24) is 9.55 Å². The fraction of sp³-hybridized carbons (Fsp3) is 0.308. The van der Waals surface area contributed by atoms with Gasteiger partial charge in [-0.15, -0.1) is 0 Å². The molecule has 0 aliphatic carbocycles. The van der Waals surface area contributed by atoms with E-state index in [1.807, 2.05) is 6.07 Å². The standard InChI is InChI=1S/C13H13FN2O/c14-10-4-1-3-9(7-10)11-8-16-12(15-11)5-2-6-13(16)17/h1,3-4,7-8,13,17H,2,5-6H2. The minimum atomic E-state index is -0.492. The highest BCUT2D eigenvalue weighted by atomic mass is 19.1. The van der Waals surface area contributed by atoms with E-state index in [9.17, 15) is 9.50 Å². The number of halogens is 1. The quantitative estimate of drug-likeness (QED) is 0.820. The first-order valence-electron chi connectivity index (χ1n) is 5.76. The van der Waals surface area contributed by atoms with Crippen molar-refractivity contribution in [3.05, 3.63) is 42.1 Å². The van der Waals surface area contributed by atoms with Crippen molar-refractivity contribution in [2.45, 2.75) is 25.5 Å². The number of fused-ring (bicyclic) bond motifs is 1. The lowest BCUT2D eigenvalue weighted by atomic mass is 10.1. The van der Waals surface area contributed by atoms with Crippen LogP contribution in [0.2, 0.25) is 0 Å². The molecule has 0 radical (unpaired) electrons. The Bertz CT molecular complexity index is 550. The molecule has 0 spiro atoms. The number of nitrogens with zero attached hydrogens (tertiary/aromatic N) is 2. The molecule has 1 atom stereocenters. The van der Waals surface area contributed by atoms with E-state index in [-0.39, 0.29) is 5.82 Å². The summed E-state index contributed by atoms with van der Waals surface area (Å²) in [6, 6.07) is 6.36. The van der Waals surface area contributed by atoms with E-state index >= 15 is 0 Å². The zero-order chi connectivity index (χ0) is 11.8. The lowest BCUT2D eigenvalue weighted by Gasteiger charge is -2.19. The smallest absolute Gasteiger partial charge is 0.131 e. The molecule has 1 aliphatic rings. The van der Waals surface area contributed by atoms with Crippen LogP contribution in [0.5, 0.6) is 0 Å². The van der Waals surface area contributed by atoms with Gasteiger partial charge in [0.05, 0.1) is 5.69 Å². The van der Waals surface area contributed by atoms with E-state index in [0.29, 0.717) is 0 Å². The summed E-state index contributed by atoms with van der Waals surface area (Å²) in [6.45, 7) is 0. The Balaban J connectivity index is 2.05. The highest BCUT2D eigenvalue weighted by molar-refractivity contribution is 5.58. The Labute approximate surface area is 98.5 Å². The monoisotopic (exact) mass is 232 g/mol. The molecule has 0 bridgehead atoms. The Morgan fingerprint density at radius 2 is 2.29 bits per heavy atom. The maximum Gasteiger partial charge on any atom is 0.131 e. The molecule has 3 nitrogen and oxygen atoms in total. The van der Waals surface area contributed by atoms with Gasteiger partial charge in [-0.2, -0.15) is 0 Å². The zero-order valence-electron chi connectivity index (χ0n) is 9.31. The van der Waals surface area contributed by atoms with Gasteiger partial charge in [-0.25, -0.2) is 9.37 Å². The third-order valence-corrected chi connectivity index (χ3v) is 3.11. The molecule has 3 rings (SSSR count). The van der Waals surface area contributed by atoms with Crippen LogP contribution in [-0.2, 0) is 6.42 Å². The second-order valence-corrected chi connectivity index (χ2v) is 4.33. The van der Waals surface area contributed by atoms with E-state index in [4.69, 9.17) is 0 Å². The SMILES string of the molecule is OC1CCCc2nc(-c3cccc(F)c3)cn21. The van der Waals surface area contributed by atoms with Gasteiger partial charge in [0.15, 0.2) is 0 Å². The molecule has 1 aromatic carbocycles. The lowest BCUT2D eigenvalue weighted by molar-refractivity contribution is 0.0781. The minimum Gasteiger partial charge on any atom is -0.373 e. The maximum absolute atomic E-state index is 13.1. The molecule has 1 unspecified atom stereocenters. The van der Waals surface area contributed by atoms with Gasteiger partial charge < -0.3 is 9.67 Å². The van der Waals surface area contributed by atoms with Crippen LogP contribution in [0.25, 0.3) is 11.3 Å². The lowest BCUT2D eigenvalue weighted by Crippen LogP contribution is -2.16. The van der Waals surface area contributed by atoms with E-state index < -0.39 is 6.23 Å². The molecular weight excluding hydrogens is 219 g/mol. The predicted molar refractivity (Wildman–Crippen MR) is 61.8 cm³/mol. The summed E-state index contributed by atoms with van der Waals surface area (Å²) in [7, 11) is 0. The summed E-state index contributed by atoms with van der Waals surface area (Å²) in [5.74, 6) is 0.608. The van der Waals surface area contributed by atoms with E-state index in [2.05, 4.69) is 4.98 Å². The molecular formula is C13H13FN2O. The third-order valence-electron chi connectivity index (χ3n) is 3.11. The molecule has 0 amide bonds. The Morgan fingerprint density at radius 3 is 3.06 bits per heavy atom. The van der Waals surface area contributed by atoms with Gasteiger partial charge in [0.25, 0.3) is 0 Å². The normalized spacial score (nSPS) is 19.1. The molecule has 1 N–H and O–H groups in total. The summed E-state index contributed by atoms with van der Waals surface area (Å²) < 4.78 is 14.9. The maximum atomic E-state index is 13.1. The second-order valence-electron chi connectivity index (χ2n) is 4.33. The van der Waals surface area contributed by atoms with Gasteiger partial charge in [-0.3, -0.25) is 0 Å². The van der Waals surface area contributed by atoms with Crippen molar-refractivity contribution < 1.29 is 9.50 Å². The fourth-order valence-electron chi connectivity index (χ4n) is 2.24. The minimum absolute atomic E-state index is 0.269. The number of benzene rings is 1. The first kappa shape index (κ1) is 10.5. The van der Waals surface area contributed by atoms with Crippen molar-refractivity contribution in [3.8, 4) is 11.3 Å². The van der Waals surface area contributed by atoms with Crippen LogP contribution in [0.1, 0.15) is 24.9 Å². The molecule has 0 saturated heterocycles. The number of hydrogen-bond donors (Lipinski definition) is 1. The second kappa shape index (κ2) is 3.96. The van der Waals surface area contributed by atoms with Crippen LogP contribution in [0, 0.1) is 5.82 Å². The molecule has 0 saturated carbocycles. The van der Waals surface area contributed by atoms with Crippen molar-refractivity contribution in [3.63, 3.8) is 0 Å². The Hall–Kier alpha value is -1.68. The van der Waals surface area contributed by atoms with Gasteiger partial charge in [-0.05, 0) is 25.0 Å². The van der Waals surface area contributed by atoms with Gasteiger partial charge >= 0.3 is 0 Å². The number of aliphatic hydroxyl groups excluding tert-OH is 1. The summed E-state index contributed by atoms with van der Waals surface area (Å²) >= 11 is 0. The van der Waals surface area contributed by atoms with Crippen LogP contribution < -0.4 is 0 Å². The molecule has 2 heterocycles. The number of aromatic nitrogens is 2. The van der Waals surface area contributed by atoms with Gasteiger partial charge in [-0.1, -0.05) is 12.1 Å². The molecule has 1 aliphatic heterocycles. The van der Waals surface area contributed by atoms with E-state index in [1.54, 1.807) is 16.8 Å². The molecule has 17 heavy (non-hydrogen) atoms. The third kappa shape index (κ3) is 1.85. The van der Waals surface area contributed by atoms with Crippen LogP contribution in [0.3, 0.4) is 0 Å². The number of imidazole rings is 1. The van der Waals surface area contributed by atoms with Gasteiger partial charge in [0.1, 0.15) is 17.9 Å².